The molecule has 0 unspecified atom stereocenters. The summed E-state index contributed by atoms with van der Waals surface area (Å²) in [4.78, 5) is 39.0. The Kier molecular flexibility index (Phi) is 5.20. The van der Waals surface area contributed by atoms with E-state index in [1.54, 1.807) is 12.1 Å². The largest absolute Gasteiger partial charge is 0.371 e. The molecule has 2 heterocycles. The Hall–Kier alpha value is -3.35. The third-order valence-corrected chi connectivity index (χ3v) is 5.40. The third-order valence-electron chi connectivity index (χ3n) is 5.40. The number of anilines is 3. The number of hydrogen-bond acceptors (Lipinski definition) is 4. The van der Waals surface area contributed by atoms with E-state index in [2.05, 4.69) is 26.9 Å². The van der Waals surface area contributed by atoms with Gasteiger partial charge in [-0.3, -0.25) is 14.4 Å². The van der Waals surface area contributed by atoms with Gasteiger partial charge in [-0.15, -0.1) is 0 Å². The highest BCUT2D eigenvalue weighted by Crippen LogP contribution is 2.27. The molecule has 2 aromatic carbocycles. The first-order valence-corrected chi connectivity index (χ1v) is 9.90. The zero-order chi connectivity index (χ0) is 20.4. The van der Waals surface area contributed by atoms with Gasteiger partial charge in [0.25, 0.3) is 11.8 Å². The maximum Gasteiger partial charge on any atom is 0.255 e. The van der Waals surface area contributed by atoms with Gasteiger partial charge in [0.1, 0.15) is 0 Å². The molecule has 3 N–H and O–H groups in total. The molecule has 1 fully saturated rings. The minimum Gasteiger partial charge on any atom is -0.371 e. The smallest absolute Gasteiger partial charge is 0.255 e. The van der Waals surface area contributed by atoms with Crippen LogP contribution in [0.15, 0.2) is 36.4 Å². The fraction of sp³-hybridized carbons (Fsp3) is 0.318. The maximum absolute atomic E-state index is 12.9. The van der Waals surface area contributed by atoms with Crippen LogP contribution in [0.3, 0.4) is 0 Å². The number of piperidine rings is 1. The van der Waals surface area contributed by atoms with E-state index >= 15 is 0 Å². The lowest BCUT2D eigenvalue weighted by Crippen LogP contribution is -2.29. The zero-order valence-corrected chi connectivity index (χ0v) is 16.4. The Morgan fingerprint density at radius 3 is 2.62 bits per heavy atom. The Morgan fingerprint density at radius 2 is 1.83 bits per heavy atom. The van der Waals surface area contributed by atoms with Crippen molar-refractivity contribution >= 4 is 34.8 Å². The van der Waals surface area contributed by atoms with Crippen LogP contribution in [-0.4, -0.2) is 37.4 Å². The van der Waals surface area contributed by atoms with Gasteiger partial charge in [0, 0.05) is 30.0 Å². The lowest BCUT2D eigenvalue weighted by molar-refractivity contribution is -0.115. The topological polar surface area (TPSA) is 90.5 Å². The van der Waals surface area contributed by atoms with E-state index < -0.39 is 0 Å². The summed E-state index contributed by atoms with van der Waals surface area (Å²) in [6, 6.07) is 10.8. The van der Waals surface area contributed by atoms with Gasteiger partial charge in [0.05, 0.1) is 17.8 Å². The van der Waals surface area contributed by atoms with Crippen molar-refractivity contribution in [1.82, 2.24) is 5.32 Å². The molecule has 0 atom stereocenters. The molecule has 7 nitrogen and oxygen atoms in total. The van der Waals surface area contributed by atoms with Crippen molar-refractivity contribution < 1.29 is 14.4 Å². The van der Waals surface area contributed by atoms with E-state index in [0.29, 0.717) is 16.8 Å². The number of amides is 3. The standard InChI is InChI=1S/C22H24N4O3/c1-14-5-7-16(26-9-3-2-4-10-26)12-18(14)25-21(28)15-6-8-17-19(11-15)24-20(27)13-23-22(17)29/h5-8,11-12H,2-4,9-10,13H2,1H3,(H,23,29)(H,24,27)(H,25,28). The van der Waals surface area contributed by atoms with Gasteiger partial charge in [-0.25, -0.2) is 0 Å². The highest BCUT2D eigenvalue weighted by molar-refractivity contribution is 6.11. The molecule has 150 valence electrons. The number of carbonyl (C=O) groups excluding carboxylic acids is 3. The van der Waals surface area contributed by atoms with Crippen molar-refractivity contribution in [2.45, 2.75) is 26.2 Å². The molecule has 2 aliphatic rings. The van der Waals surface area contributed by atoms with Crippen LogP contribution in [0.2, 0.25) is 0 Å². The van der Waals surface area contributed by atoms with Crippen LogP contribution >= 0.6 is 0 Å². The quantitative estimate of drug-likeness (QED) is 0.749. The molecule has 29 heavy (non-hydrogen) atoms. The summed E-state index contributed by atoms with van der Waals surface area (Å²) in [6.45, 7) is 3.93. The highest BCUT2D eigenvalue weighted by atomic mass is 16.2. The van der Waals surface area contributed by atoms with Crippen molar-refractivity contribution in [2.24, 2.45) is 0 Å². The van der Waals surface area contributed by atoms with E-state index in [1.165, 1.54) is 25.3 Å². The van der Waals surface area contributed by atoms with Gasteiger partial charge < -0.3 is 20.9 Å². The molecule has 0 aliphatic carbocycles. The van der Waals surface area contributed by atoms with E-state index in [4.69, 9.17) is 0 Å². The van der Waals surface area contributed by atoms with Gasteiger partial charge >= 0.3 is 0 Å². The first kappa shape index (κ1) is 19.0. The molecule has 0 bridgehead atoms. The Bertz CT molecular complexity index is 980. The summed E-state index contributed by atoms with van der Waals surface area (Å²) in [5.41, 5.74) is 3.90. The maximum atomic E-state index is 12.9. The number of benzene rings is 2. The Balaban J connectivity index is 1.56. The number of aryl methyl sites for hydroxylation is 1. The van der Waals surface area contributed by atoms with Gasteiger partial charge in [-0.1, -0.05) is 6.07 Å². The average Bonchev–Trinajstić information content (AvgIpc) is 2.88. The van der Waals surface area contributed by atoms with E-state index in [-0.39, 0.29) is 24.3 Å². The summed E-state index contributed by atoms with van der Waals surface area (Å²) in [5, 5.41) is 8.17. The first-order chi connectivity index (χ1) is 14.0. The predicted octanol–water partition coefficient (Wildman–Crippen LogP) is 2.92. The van der Waals surface area contributed by atoms with Crippen LogP contribution in [0.5, 0.6) is 0 Å². The van der Waals surface area contributed by atoms with Crippen LogP contribution in [0, 0.1) is 6.92 Å². The van der Waals surface area contributed by atoms with Crippen LogP contribution < -0.4 is 20.9 Å². The Labute approximate surface area is 169 Å². The molecule has 4 rings (SSSR count). The molecular weight excluding hydrogens is 368 g/mol. The summed E-state index contributed by atoms with van der Waals surface area (Å²) in [7, 11) is 0. The summed E-state index contributed by atoms with van der Waals surface area (Å²) in [5.74, 6) is -0.944. The number of nitrogens with one attached hydrogen (secondary N) is 3. The molecule has 0 aromatic heterocycles. The van der Waals surface area contributed by atoms with Crippen molar-refractivity contribution in [3.63, 3.8) is 0 Å². The van der Waals surface area contributed by atoms with Crippen LogP contribution in [0.25, 0.3) is 0 Å². The molecule has 1 saturated heterocycles. The molecular formula is C22H24N4O3. The van der Waals surface area contributed by atoms with Gasteiger partial charge in [0.15, 0.2) is 0 Å². The van der Waals surface area contributed by atoms with E-state index in [9.17, 15) is 14.4 Å². The molecule has 2 aliphatic heterocycles. The second-order valence-corrected chi connectivity index (χ2v) is 7.49. The summed E-state index contributed by atoms with van der Waals surface area (Å²) in [6.07, 6.45) is 3.63. The SMILES string of the molecule is Cc1ccc(N2CCCCC2)cc1NC(=O)c1ccc2c(c1)NC(=O)CNC2=O. The van der Waals surface area contributed by atoms with Gasteiger partial charge in [-0.2, -0.15) is 0 Å². The van der Waals surface area contributed by atoms with Crippen LogP contribution in [0.1, 0.15) is 45.5 Å². The van der Waals surface area contributed by atoms with E-state index in [1.807, 2.05) is 19.1 Å². The Morgan fingerprint density at radius 1 is 1.03 bits per heavy atom. The zero-order valence-electron chi connectivity index (χ0n) is 16.4. The number of nitrogens with zero attached hydrogens (tertiary/aromatic N) is 1. The monoisotopic (exact) mass is 392 g/mol. The minimum atomic E-state index is -0.338. The predicted molar refractivity (Wildman–Crippen MR) is 113 cm³/mol. The molecule has 0 radical (unpaired) electrons. The van der Waals surface area contributed by atoms with E-state index in [0.717, 1.165) is 30.0 Å². The summed E-state index contributed by atoms with van der Waals surface area (Å²) < 4.78 is 0. The van der Waals surface area contributed by atoms with Crippen molar-refractivity contribution in [3.8, 4) is 0 Å². The van der Waals surface area contributed by atoms with Crippen LogP contribution in [0.4, 0.5) is 17.1 Å². The second kappa shape index (κ2) is 7.95. The molecule has 3 amide bonds. The summed E-state index contributed by atoms with van der Waals surface area (Å²) >= 11 is 0. The van der Waals surface area contributed by atoms with Crippen molar-refractivity contribution in [1.29, 1.82) is 0 Å². The van der Waals surface area contributed by atoms with Gasteiger partial charge in [-0.05, 0) is 62.1 Å². The lowest BCUT2D eigenvalue weighted by atomic mass is 10.1. The second-order valence-electron chi connectivity index (χ2n) is 7.49. The number of fused-ring (bicyclic) bond motifs is 1. The highest BCUT2D eigenvalue weighted by Gasteiger charge is 2.21. The van der Waals surface area contributed by atoms with Crippen molar-refractivity contribution in [2.75, 3.05) is 35.2 Å². The first-order valence-electron chi connectivity index (χ1n) is 9.90. The van der Waals surface area contributed by atoms with Crippen LogP contribution in [-0.2, 0) is 4.79 Å². The molecule has 0 saturated carbocycles. The molecule has 0 spiro atoms. The minimum absolute atomic E-state index is 0.0858. The number of hydrogen-bond donors (Lipinski definition) is 3. The fourth-order valence-electron chi connectivity index (χ4n) is 3.73. The molecule has 7 heteroatoms. The molecule has 2 aromatic rings. The average molecular weight is 392 g/mol. The third kappa shape index (κ3) is 4.08. The number of rotatable bonds is 3. The van der Waals surface area contributed by atoms with Gasteiger partial charge in [0.2, 0.25) is 5.91 Å². The fourth-order valence-corrected chi connectivity index (χ4v) is 3.73. The lowest BCUT2D eigenvalue weighted by Gasteiger charge is -2.29. The number of carbonyl (C=O) groups is 3. The van der Waals surface area contributed by atoms with Crippen molar-refractivity contribution in [3.05, 3.63) is 53.1 Å². The normalized spacial score (nSPS) is 16.4.